The summed E-state index contributed by atoms with van der Waals surface area (Å²) in [5, 5.41) is 8.89. The van der Waals surface area contributed by atoms with Crippen molar-refractivity contribution in [1.82, 2.24) is 0 Å². The molecule has 0 aliphatic rings. The van der Waals surface area contributed by atoms with Gasteiger partial charge in [-0.1, -0.05) is 12.1 Å². The number of hydrogen-bond acceptors (Lipinski definition) is 4. The van der Waals surface area contributed by atoms with Crippen LogP contribution in [0.1, 0.15) is 26.3 Å². The van der Waals surface area contributed by atoms with Crippen molar-refractivity contribution in [2.75, 3.05) is 26.4 Å². The van der Waals surface area contributed by atoms with Gasteiger partial charge in [-0.3, -0.25) is 0 Å². The highest BCUT2D eigenvalue weighted by Crippen LogP contribution is 2.16. The van der Waals surface area contributed by atoms with Crippen molar-refractivity contribution in [3.05, 3.63) is 29.8 Å². The standard InChI is InChI=1S/C15H21NO3/c1-15(2,3)19-11-9-17-8-10-18-14-7-5-4-6-13(14)12-16/h4-7H,8-11H2,1-3H3. The molecule has 0 unspecified atom stereocenters. The van der Waals surface area contributed by atoms with Crippen LogP contribution in [0, 0.1) is 11.3 Å². The molecule has 1 aromatic carbocycles. The lowest BCUT2D eigenvalue weighted by atomic mass is 10.2. The molecule has 0 radical (unpaired) electrons. The summed E-state index contributed by atoms with van der Waals surface area (Å²) in [6.45, 7) is 8.04. The zero-order valence-electron chi connectivity index (χ0n) is 11.8. The molecule has 1 rings (SSSR count). The largest absolute Gasteiger partial charge is 0.490 e. The maximum Gasteiger partial charge on any atom is 0.137 e. The van der Waals surface area contributed by atoms with Crippen molar-refractivity contribution in [3.8, 4) is 11.8 Å². The van der Waals surface area contributed by atoms with Crippen LogP contribution in [0.4, 0.5) is 0 Å². The first kappa shape index (κ1) is 15.5. The van der Waals surface area contributed by atoms with E-state index in [1.807, 2.05) is 32.9 Å². The number of benzene rings is 1. The molecule has 0 aliphatic carbocycles. The van der Waals surface area contributed by atoms with Gasteiger partial charge in [0.15, 0.2) is 0 Å². The third-order valence-electron chi connectivity index (χ3n) is 2.26. The highest BCUT2D eigenvalue weighted by Gasteiger charge is 2.08. The van der Waals surface area contributed by atoms with E-state index in [-0.39, 0.29) is 5.60 Å². The molecule has 1 aromatic rings. The van der Waals surface area contributed by atoms with Crippen molar-refractivity contribution in [2.24, 2.45) is 0 Å². The van der Waals surface area contributed by atoms with Crippen molar-refractivity contribution in [3.63, 3.8) is 0 Å². The molecule has 0 amide bonds. The average molecular weight is 263 g/mol. The number of rotatable bonds is 7. The van der Waals surface area contributed by atoms with E-state index in [0.29, 0.717) is 37.7 Å². The Morgan fingerprint density at radius 1 is 1.05 bits per heavy atom. The molecule has 0 spiro atoms. The van der Waals surface area contributed by atoms with E-state index >= 15 is 0 Å². The van der Waals surface area contributed by atoms with Gasteiger partial charge in [0.25, 0.3) is 0 Å². The predicted octanol–water partition coefficient (Wildman–Crippen LogP) is 2.77. The molecule has 0 aromatic heterocycles. The normalized spacial score (nSPS) is 11.1. The van der Waals surface area contributed by atoms with Crippen LogP contribution in [0.2, 0.25) is 0 Å². The molecule has 0 fully saturated rings. The third kappa shape index (κ3) is 6.80. The molecule has 0 saturated carbocycles. The minimum atomic E-state index is -0.133. The first-order chi connectivity index (χ1) is 9.03. The zero-order chi connectivity index (χ0) is 14.1. The van der Waals surface area contributed by atoms with Crippen LogP contribution >= 0.6 is 0 Å². The van der Waals surface area contributed by atoms with Crippen LogP contribution in [0.5, 0.6) is 5.75 Å². The molecule has 0 aliphatic heterocycles. The van der Waals surface area contributed by atoms with Crippen LogP contribution < -0.4 is 4.74 Å². The number of para-hydroxylation sites is 1. The molecule has 104 valence electrons. The Hall–Kier alpha value is -1.57. The lowest BCUT2D eigenvalue weighted by Gasteiger charge is -2.19. The number of nitriles is 1. The quantitative estimate of drug-likeness (QED) is 0.710. The van der Waals surface area contributed by atoms with E-state index in [9.17, 15) is 0 Å². The zero-order valence-corrected chi connectivity index (χ0v) is 11.8. The van der Waals surface area contributed by atoms with E-state index in [1.54, 1.807) is 12.1 Å². The van der Waals surface area contributed by atoms with Gasteiger partial charge in [0.05, 0.1) is 31.0 Å². The summed E-state index contributed by atoms with van der Waals surface area (Å²) >= 11 is 0. The lowest BCUT2D eigenvalue weighted by molar-refractivity contribution is -0.0375. The third-order valence-corrected chi connectivity index (χ3v) is 2.26. The van der Waals surface area contributed by atoms with Gasteiger partial charge < -0.3 is 14.2 Å². The van der Waals surface area contributed by atoms with Gasteiger partial charge in [-0.25, -0.2) is 0 Å². The summed E-state index contributed by atoms with van der Waals surface area (Å²) < 4.78 is 16.4. The first-order valence-electron chi connectivity index (χ1n) is 6.36. The van der Waals surface area contributed by atoms with E-state index in [2.05, 4.69) is 6.07 Å². The van der Waals surface area contributed by atoms with Crippen molar-refractivity contribution >= 4 is 0 Å². The van der Waals surface area contributed by atoms with Gasteiger partial charge in [-0.15, -0.1) is 0 Å². The topological polar surface area (TPSA) is 51.5 Å². The molecule has 4 heteroatoms. The summed E-state index contributed by atoms with van der Waals surface area (Å²) in [7, 11) is 0. The highest BCUT2D eigenvalue weighted by atomic mass is 16.5. The molecule has 4 nitrogen and oxygen atoms in total. The molecule has 0 atom stereocenters. The maximum absolute atomic E-state index is 8.89. The van der Waals surface area contributed by atoms with Crippen molar-refractivity contribution in [1.29, 1.82) is 5.26 Å². The molecule has 19 heavy (non-hydrogen) atoms. The Morgan fingerprint density at radius 2 is 1.74 bits per heavy atom. The Labute approximate surface area is 114 Å². The van der Waals surface area contributed by atoms with Gasteiger partial charge in [-0.05, 0) is 32.9 Å². The molecule has 0 bridgehead atoms. The fourth-order valence-electron chi connectivity index (χ4n) is 1.40. The van der Waals surface area contributed by atoms with E-state index in [4.69, 9.17) is 19.5 Å². The van der Waals surface area contributed by atoms with Crippen molar-refractivity contribution in [2.45, 2.75) is 26.4 Å². The smallest absolute Gasteiger partial charge is 0.137 e. The second-order valence-corrected chi connectivity index (χ2v) is 5.03. The Kier molecular flexibility index (Phi) is 6.34. The van der Waals surface area contributed by atoms with Gasteiger partial charge in [0.1, 0.15) is 18.4 Å². The van der Waals surface area contributed by atoms with Crippen LogP contribution in [0.25, 0.3) is 0 Å². The summed E-state index contributed by atoms with van der Waals surface area (Å²) in [5.41, 5.74) is 0.407. The minimum absolute atomic E-state index is 0.133. The van der Waals surface area contributed by atoms with Crippen LogP contribution in [-0.4, -0.2) is 32.0 Å². The second kappa shape index (κ2) is 7.78. The highest BCUT2D eigenvalue weighted by molar-refractivity contribution is 5.42. The van der Waals surface area contributed by atoms with Crippen LogP contribution in [0.3, 0.4) is 0 Å². The van der Waals surface area contributed by atoms with E-state index < -0.39 is 0 Å². The SMILES string of the molecule is CC(C)(C)OCCOCCOc1ccccc1C#N. The Bertz CT molecular complexity index is 418. The Balaban J connectivity index is 2.13. The van der Waals surface area contributed by atoms with E-state index in [0.717, 1.165) is 0 Å². The number of ether oxygens (including phenoxy) is 3. The summed E-state index contributed by atoms with van der Waals surface area (Å²) in [6.07, 6.45) is 0. The summed E-state index contributed by atoms with van der Waals surface area (Å²) in [5.74, 6) is 0.597. The molecule has 0 saturated heterocycles. The molecular weight excluding hydrogens is 242 g/mol. The number of nitrogens with zero attached hydrogens (tertiary/aromatic N) is 1. The van der Waals surface area contributed by atoms with Gasteiger partial charge in [0.2, 0.25) is 0 Å². The van der Waals surface area contributed by atoms with E-state index in [1.165, 1.54) is 0 Å². The Morgan fingerprint density at radius 3 is 2.42 bits per heavy atom. The first-order valence-corrected chi connectivity index (χ1v) is 6.36. The van der Waals surface area contributed by atoms with Crippen molar-refractivity contribution < 1.29 is 14.2 Å². The summed E-state index contributed by atoms with van der Waals surface area (Å²) in [4.78, 5) is 0. The average Bonchev–Trinajstić information content (AvgIpc) is 2.37. The van der Waals surface area contributed by atoms with Crippen LogP contribution in [0.15, 0.2) is 24.3 Å². The fraction of sp³-hybridized carbons (Fsp3) is 0.533. The maximum atomic E-state index is 8.89. The second-order valence-electron chi connectivity index (χ2n) is 5.03. The lowest BCUT2D eigenvalue weighted by Crippen LogP contribution is -2.22. The molecular formula is C15H21NO3. The fourth-order valence-corrected chi connectivity index (χ4v) is 1.40. The minimum Gasteiger partial charge on any atom is -0.490 e. The predicted molar refractivity (Wildman–Crippen MR) is 73.2 cm³/mol. The molecule has 0 N–H and O–H groups in total. The summed E-state index contributed by atoms with van der Waals surface area (Å²) in [6, 6.07) is 9.25. The number of hydrogen-bond donors (Lipinski definition) is 0. The van der Waals surface area contributed by atoms with Gasteiger partial charge in [-0.2, -0.15) is 5.26 Å². The van der Waals surface area contributed by atoms with Crippen LogP contribution in [-0.2, 0) is 9.47 Å². The molecule has 0 heterocycles. The monoisotopic (exact) mass is 263 g/mol. The van der Waals surface area contributed by atoms with Gasteiger partial charge >= 0.3 is 0 Å². The van der Waals surface area contributed by atoms with Gasteiger partial charge in [0, 0.05) is 0 Å².